The lowest BCUT2D eigenvalue weighted by atomic mass is 10.1. The Labute approximate surface area is 202 Å². The van der Waals surface area contributed by atoms with Crippen molar-refractivity contribution < 1.29 is 19.1 Å². The van der Waals surface area contributed by atoms with Crippen LogP contribution in [-0.2, 0) is 21.9 Å². The van der Waals surface area contributed by atoms with Crippen LogP contribution < -0.4 is 14.8 Å². The van der Waals surface area contributed by atoms with E-state index in [4.69, 9.17) is 9.47 Å². The highest BCUT2D eigenvalue weighted by Crippen LogP contribution is 2.20. The molecular weight excluding hydrogens is 436 g/mol. The zero-order valence-corrected chi connectivity index (χ0v) is 21.0. The minimum atomic E-state index is -0.512. The molecule has 0 bridgehead atoms. The van der Waals surface area contributed by atoms with E-state index in [1.54, 1.807) is 30.9 Å². The van der Waals surface area contributed by atoms with E-state index in [2.05, 4.69) is 12.2 Å². The fraction of sp³-hybridized carbons (Fsp3) is 0.462. The zero-order valence-electron chi connectivity index (χ0n) is 20.1. The standard InChI is InChI=1S/C26H36N2O4S/c1-5-7-15-27-26(30)24(6-2)28(17-21-9-8-10-23(16-21)32-4)25(29)19-33-18-20-11-13-22(31-3)14-12-20/h8-14,16,24H,5-7,15,17-19H2,1-4H3,(H,27,30)/t24-/m1/s1. The van der Waals surface area contributed by atoms with Crippen molar-refractivity contribution in [3.8, 4) is 11.5 Å². The lowest BCUT2D eigenvalue weighted by Crippen LogP contribution is -2.49. The van der Waals surface area contributed by atoms with Gasteiger partial charge >= 0.3 is 0 Å². The summed E-state index contributed by atoms with van der Waals surface area (Å²) in [5, 5.41) is 2.99. The Kier molecular flexibility index (Phi) is 11.7. The van der Waals surface area contributed by atoms with Crippen molar-refractivity contribution in [2.75, 3.05) is 26.5 Å². The van der Waals surface area contributed by atoms with Gasteiger partial charge in [-0.1, -0.05) is 44.5 Å². The maximum Gasteiger partial charge on any atom is 0.242 e. The molecule has 180 valence electrons. The monoisotopic (exact) mass is 472 g/mol. The van der Waals surface area contributed by atoms with Crippen molar-refractivity contribution in [1.29, 1.82) is 0 Å². The first-order valence-electron chi connectivity index (χ1n) is 11.4. The molecule has 33 heavy (non-hydrogen) atoms. The van der Waals surface area contributed by atoms with Crippen molar-refractivity contribution in [2.24, 2.45) is 0 Å². The normalized spacial score (nSPS) is 11.5. The molecular formula is C26H36N2O4S. The van der Waals surface area contributed by atoms with Gasteiger partial charge in [-0.2, -0.15) is 0 Å². The van der Waals surface area contributed by atoms with E-state index >= 15 is 0 Å². The van der Waals surface area contributed by atoms with Crippen molar-refractivity contribution in [2.45, 2.75) is 51.4 Å². The molecule has 2 rings (SSSR count). The molecule has 0 spiro atoms. The summed E-state index contributed by atoms with van der Waals surface area (Å²) in [4.78, 5) is 27.9. The molecule has 0 aliphatic rings. The van der Waals surface area contributed by atoms with Gasteiger partial charge in [0.25, 0.3) is 0 Å². The Morgan fingerprint density at radius 3 is 2.36 bits per heavy atom. The Morgan fingerprint density at radius 2 is 1.73 bits per heavy atom. The molecule has 0 saturated heterocycles. The van der Waals surface area contributed by atoms with Gasteiger partial charge in [-0.3, -0.25) is 9.59 Å². The van der Waals surface area contributed by atoms with Gasteiger partial charge in [0.1, 0.15) is 17.5 Å². The highest BCUT2D eigenvalue weighted by molar-refractivity contribution is 7.99. The van der Waals surface area contributed by atoms with E-state index in [1.165, 1.54) is 0 Å². The van der Waals surface area contributed by atoms with Crippen LogP contribution in [0.25, 0.3) is 0 Å². The predicted octanol–water partition coefficient (Wildman–Crippen LogP) is 4.66. The Hall–Kier alpha value is -2.67. The molecule has 7 heteroatoms. The summed E-state index contributed by atoms with van der Waals surface area (Å²) in [7, 11) is 3.26. The fourth-order valence-electron chi connectivity index (χ4n) is 3.45. The first-order valence-corrected chi connectivity index (χ1v) is 12.6. The second-order valence-corrected chi connectivity index (χ2v) is 8.77. The molecule has 6 nitrogen and oxygen atoms in total. The molecule has 0 aromatic heterocycles. The summed E-state index contributed by atoms with van der Waals surface area (Å²) in [6.07, 6.45) is 2.48. The summed E-state index contributed by atoms with van der Waals surface area (Å²) >= 11 is 1.55. The highest BCUT2D eigenvalue weighted by atomic mass is 32.2. The van der Waals surface area contributed by atoms with Crippen molar-refractivity contribution in [3.05, 3.63) is 59.7 Å². The van der Waals surface area contributed by atoms with Crippen LogP contribution in [0.15, 0.2) is 48.5 Å². The molecule has 0 fully saturated rings. The summed E-state index contributed by atoms with van der Waals surface area (Å²) < 4.78 is 10.5. The minimum absolute atomic E-state index is 0.0474. The van der Waals surface area contributed by atoms with E-state index < -0.39 is 6.04 Å². The molecule has 1 atom stereocenters. The predicted molar refractivity (Wildman–Crippen MR) is 135 cm³/mol. The largest absolute Gasteiger partial charge is 0.497 e. The van der Waals surface area contributed by atoms with Gasteiger partial charge in [0.05, 0.1) is 20.0 Å². The van der Waals surface area contributed by atoms with Gasteiger partial charge in [0, 0.05) is 18.8 Å². The fourth-order valence-corrected chi connectivity index (χ4v) is 4.32. The average Bonchev–Trinajstić information content (AvgIpc) is 2.84. The number of hydrogen-bond acceptors (Lipinski definition) is 5. The number of amides is 2. The number of methoxy groups -OCH3 is 2. The second kappa shape index (κ2) is 14.5. The first kappa shape index (κ1) is 26.6. The van der Waals surface area contributed by atoms with Crippen LogP contribution in [-0.4, -0.2) is 49.3 Å². The van der Waals surface area contributed by atoms with Gasteiger partial charge in [-0.15, -0.1) is 11.8 Å². The number of thioether (sulfide) groups is 1. The highest BCUT2D eigenvalue weighted by Gasteiger charge is 2.28. The molecule has 0 heterocycles. The molecule has 2 aromatic rings. The molecule has 0 radical (unpaired) electrons. The quantitative estimate of drug-likeness (QED) is 0.405. The van der Waals surface area contributed by atoms with Crippen molar-refractivity contribution in [3.63, 3.8) is 0 Å². The van der Waals surface area contributed by atoms with Gasteiger partial charge < -0.3 is 19.7 Å². The van der Waals surface area contributed by atoms with Crippen LogP contribution in [0, 0.1) is 0 Å². The number of nitrogens with one attached hydrogen (secondary N) is 1. The maximum atomic E-state index is 13.3. The third-order valence-electron chi connectivity index (χ3n) is 5.36. The van der Waals surface area contributed by atoms with Crippen LogP contribution >= 0.6 is 11.8 Å². The number of nitrogens with zero attached hydrogens (tertiary/aromatic N) is 1. The maximum absolute atomic E-state index is 13.3. The first-order chi connectivity index (χ1) is 16.0. The molecule has 0 aliphatic carbocycles. The smallest absolute Gasteiger partial charge is 0.242 e. The summed E-state index contributed by atoms with van der Waals surface area (Å²) in [5.41, 5.74) is 2.06. The number of carbonyl (C=O) groups excluding carboxylic acids is 2. The number of rotatable bonds is 14. The Balaban J connectivity index is 2.10. The number of ether oxygens (including phenoxy) is 2. The van der Waals surface area contributed by atoms with Gasteiger partial charge in [-0.25, -0.2) is 0 Å². The summed E-state index contributed by atoms with van der Waals surface area (Å²) in [6, 6.07) is 15.0. The molecule has 0 unspecified atom stereocenters. The summed E-state index contributed by atoms with van der Waals surface area (Å²) in [5.74, 6) is 2.41. The minimum Gasteiger partial charge on any atom is -0.497 e. The lowest BCUT2D eigenvalue weighted by Gasteiger charge is -2.30. The number of carbonyl (C=O) groups is 2. The third-order valence-corrected chi connectivity index (χ3v) is 6.34. The van der Waals surface area contributed by atoms with Crippen LogP contribution in [0.4, 0.5) is 0 Å². The lowest BCUT2D eigenvalue weighted by molar-refractivity contribution is -0.139. The van der Waals surface area contributed by atoms with Gasteiger partial charge in [0.2, 0.25) is 11.8 Å². The molecule has 2 amide bonds. The van der Waals surface area contributed by atoms with Crippen LogP contribution in [0.1, 0.15) is 44.2 Å². The van der Waals surface area contributed by atoms with Crippen LogP contribution in [0.5, 0.6) is 11.5 Å². The molecule has 0 saturated carbocycles. The average molecular weight is 473 g/mol. The van der Waals surface area contributed by atoms with E-state index in [0.717, 1.165) is 35.5 Å². The number of hydrogen-bond donors (Lipinski definition) is 1. The van der Waals surface area contributed by atoms with E-state index in [-0.39, 0.29) is 11.8 Å². The van der Waals surface area contributed by atoms with Gasteiger partial charge in [0.15, 0.2) is 0 Å². The van der Waals surface area contributed by atoms with E-state index in [0.29, 0.717) is 31.0 Å². The summed E-state index contributed by atoms with van der Waals surface area (Å²) in [6.45, 7) is 5.01. The Morgan fingerprint density at radius 1 is 1.00 bits per heavy atom. The van der Waals surface area contributed by atoms with Crippen LogP contribution in [0.2, 0.25) is 0 Å². The SMILES string of the molecule is CCCCNC(=O)[C@@H](CC)N(Cc1cccc(OC)c1)C(=O)CSCc1ccc(OC)cc1. The molecule has 1 N–H and O–H groups in total. The number of benzene rings is 2. The topological polar surface area (TPSA) is 67.9 Å². The molecule has 2 aromatic carbocycles. The number of unbranched alkanes of at least 4 members (excludes halogenated alkanes) is 1. The molecule has 0 aliphatic heterocycles. The second-order valence-electron chi connectivity index (χ2n) is 7.78. The van der Waals surface area contributed by atoms with Crippen molar-refractivity contribution >= 4 is 23.6 Å². The van der Waals surface area contributed by atoms with E-state index in [1.807, 2.05) is 55.5 Å². The van der Waals surface area contributed by atoms with Crippen molar-refractivity contribution in [1.82, 2.24) is 10.2 Å². The van der Waals surface area contributed by atoms with Crippen LogP contribution in [0.3, 0.4) is 0 Å². The van der Waals surface area contributed by atoms with Gasteiger partial charge in [-0.05, 0) is 48.2 Å². The Bertz CT molecular complexity index is 873. The van der Waals surface area contributed by atoms with E-state index in [9.17, 15) is 9.59 Å². The third kappa shape index (κ3) is 8.65. The zero-order chi connectivity index (χ0) is 24.1.